The van der Waals surface area contributed by atoms with Crippen LogP contribution in [-0.2, 0) is 5.41 Å². The van der Waals surface area contributed by atoms with Crippen LogP contribution in [0.5, 0.6) is 0 Å². The van der Waals surface area contributed by atoms with Gasteiger partial charge < -0.3 is 11.1 Å². The topological polar surface area (TPSA) is 49.9 Å². The molecule has 0 spiro atoms. The molecular formula is C27H33ClN2S2. The molecule has 0 heterocycles. The van der Waals surface area contributed by atoms with E-state index in [2.05, 4.69) is 102 Å². The molecule has 2 nitrogen and oxygen atoms in total. The minimum Gasteiger partial charge on any atom is -0.394 e. The smallest absolute Gasteiger partial charge is 0.0624 e. The number of hydrogen-bond donors (Lipinski definition) is 3. The number of rotatable bonds is 6. The van der Waals surface area contributed by atoms with Crippen LogP contribution < -0.4 is 5.73 Å². The summed E-state index contributed by atoms with van der Waals surface area (Å²) in [4.78, 5) is 1.24. The fraction of sp³-hybridized carbons (Fsp3) is 0.222. The van der Waals surface area contributed by atoms with Gasteiger partial charge in [-0.25, -0.2) is 0 Å². The van der Waals surface area contributed by atoms with Crippen molar-refractivity contribution in [1.29, 1.82) is 5.41 Å². The first kappa shape index (κ1) is 29.7. The molecule has 0 aliphatic heterocycles. The number of thioether (sulfide) groups is 1. The third kappa shape index (κ3) is 10.3. The van der Waals surface area contributed by atoms with Gasteiger partial charge >= 0.3 is 0 Å². The highest BCUT2D eigenvalue weighted by Crippen LogP contribution is 2.36. The molecule has 0 saturated carbocycles. The monoisotopic (exact) mass is 484 g/mol. The van der Waals surface area contributed by atoms with Gasteiger partial charge in [0.1, 0.15) is 0 Å². The molecule has 0 aliphatic carbocycles. The molecule has 0 aliphatic rings. The average molecular weight is 485 g/mol. The molecule has 0 atom stereocenters. The second-order valence-corrected chi connectivity index (χ2v) is 9.60. The van der Waals surface area contributed by atoms with Crippen LogP contribution in [0.1, 0.15) is 44.4 Å². The molecular weight excluding hydrogens is 452 g/mol. The van der Waals surface area contributed by atoms with Gasteiger partial charge in [-0.05, 0) is 59.5 Å². The lowest BCUT2D eigenvalue weighted by molar-refractivity contribution is 0.590. The van der Waals surface area contributed by atoms with Gasteiger partial charge in [-0.15, -0.1) is 37.2 Å². The first-order chi connectivity index (χ1) is 15.2. The van der Waals surface area contributed by atoms with Crippen molar-refractivity contribution in [2.24, 2.45) is 5.73 Å². The number of nitrogens with two attached hydrogens (primary N) is 1. The molecule has 170 valence electrons. The first-order valence-electron chi connectivity index (χ1n) is 9.89. The third-order valence-corrected chi connectivity index (χ3v) is 5.95. The Kier molecular flexibility index (Phi) is 14.4. The van der Waals surface area contributed by atoms with Crippen LogP contribution in [0.25, 0.3) is 10.5 Å². The molecule has 0 radical (unpaired) electrons. The molecule has 2 aromatic carbocycles. The summed E-state index contributed by atoms with van der Waals surface area (Å²) in [5.41, 5.74) is 10.7. The minimum absolute atomic E-state index is 0.150. The standard InChI is InChI=1S/C24H28ClNS2.C2H2.CH3N/c1-17(18-8-12-20(13-9-18)24(2,3)4)23(19-10-14-21(25)15-11-19)28-16-6-5-7-22(26)27;2*1-2/h5-15,27H,16,26H2,1-4H3;1-2H;2H,1H2/b6-5+,22-7-,23-17+;;. The summed E-state index contributed by atoms with van der Waals surface area (Å²) in [7, 11) is 0. The van der Waals surface area contributed by atoms with E-state index in [1.165, 1.54) is 27.2 Å². The fourth-order valence-electron chi connectivity index (χ4n) is 2.71. The molecule has 0 fully saturated rings. The number of hydrogen-bond acceptors (Lipinski definition) is 4. The van der Waals surface area contributed by atoms with Gasteiger partial charge in [0.25, 0.3) is 0 Å². The van der Waals surface area contributed by atoms with Crippen molar-refractivity contribution in [3.8, 4) is 12.8 Å². The van der Waals surface area contributed by atoms with E-state index in [-0.39, 0.29) is 5.41 Å². The molecule has 2 rings (SSSR count). The van der Waals surface area contributed by atoms with Crippen molar-refractivity contribution in [2.75, 3.05) is 5.75 Å². The highest BCUT2D eigenvalue weighted by molar-refractivity contribution is 8.08. The van der Waals surface area contributed by atoms with Crippen LogP contribution in [0.3, 0.4) is 0 Å². The van der Waals surface area contributed by atoms with Gasteiger partial charge in [-0.3, -0.25) is 0 Å². The summed E-state index contributed by atoms with van der Waals surface area (Å²) in [6.07, 6.45) is 13.8. The van der Waals surface area contributed by atoms with Gasteiger partial charge in [-0.1, -0.05) is 80.9 Å². The Balaban J connectivity index is 0.00000227. The zero-order valence-electron chi connectivity index (χ0n) is 19.2. The summed E-state index contributed by atoms with van der Waals surface area (Å²) in [6, 6.07) is 16.9. The van der Waals surface area contributed by atoms with E-state index in [1.807, 2.05) is 18.2 Å². The van der Waals surface area contributed by atoms with Gasteiger partial charge in [0, 0.05) is 15.7 Å². The quantitative estimate of drug-likeness (QED) is 0.128. The number of nitrogens with one attached hydrogen (secondary N) is 1. The zero-order valence-corrected chi connectivity index (χ0v) is 21.7. The Bertz CT molecular complexity index is 928. The van der Waals surface area contributed by atoms with Crippen LogP contribution in [-0.4, -0.2) is 12.5 Å². The van der Waals surface area contributed by atoms with Crippen molar-refractivity contribution >= 4 is 53.2 Å². The lowest BCUT2D eigenvalue weighted by Gasteiger charge is -2.20. The Morgan fingerprint density at radius 3 is 2.03 bits per heavy atom. The Morgan fingerprint density at radius 2 is 1.56 bits per heavy atom. The Morgan fingerprint density at radius 1 is 1.06 bits per heavy atom. The maximum Gasteiger partial charge on any atom is 0.0624 e. The highest BCUT2D eigenvalue weighted by Gasteiger charge is 2.14. The van der Waals surface area contributed by atoms with Gasteiger partial charge in [0.05, 0.1) is 5.03 Å². The van der Waals surface area contributed by atoms with E-state index in [0.717, 1.165) is 10.8 Å². The van der Waals surface area contributed by atoms with Gasteiger partial charge in [0.2, 0.25) is 0 Å². The summed E-state index contributed by atoms with van der Waals surface area (Å²) in [5, 5.41) is 6.75. The normalized spacial score (nSPS) is 12.2. The van der Waals surface area contributed by atoms with Crippen molar-refractivity contribution in [1.82, 2.24) is 0 Å². The van der Waals surface area contributed by atoms with Crippen LogP contribution >= 0.6 is 36.0 Å². The summed E-state index contributed by atoms with van der Waals surface area (Å²) in [5.74, 6) is 0.840. The minimum atomic E-state index is 0.150. The maximum absolute atomic E-state index is 6.09. The third-order valence-electron chi connectivity index (χ3n) is 4.36. The van der Waals surface area contributed by atoms with Crippen molar-refractivity contribution in [3.63, 3.8) is 0 Å². The maximum atomic E-state index is 6.09. The average Bonchev–Trinajstić information content (AvgIpc) is 2.79. The Labute approximate surface area is 209 Å². The Hall–Kier alpha value is -2.32. The fourth-order valence-corrected chi connectivity index (χ4v) is 3.94. The summed E-state index contributed by atoms with van der Waals surface area (Å²) >= 11 is 12.0. The molecule has 0 unspecified atom stereocenters. The molecule has 3 N–H and O–H groups in total. The first-order valence-corrected chi connectivity index (χ1v) is 11.7. The highest BCUT2D eigenvalue weighted by atomic mass is 35.5. The SMILES string of the molecule is C#C.C/C(=C(\SC/C=C/C=C(/N)S)c1ccc(Cl)cc1)c1ccc(C(C)(C)C)cc1.C=N. The van der Waals surface area contributed by atoms with E-state index in [9.17, 15) is 0 Å². The zero-order chi connectivity index (χ0) is 24.7. The van der Waals surface area contributed by atoms with Crippen molar-refractivity contribution in [3.05, 3.63) is 93.5 Å². The second kappa shape index (κ2) is 15.5. The summed E-state index contributed by atoms with van der Waals surface area (Å²) in [6.45, 7) is 11.4. The van der Waals surface area contributed by atoms with Crippen LogP contribution in [0.4, 0.5) is 0 Å². The van der Waals surface area contributed by atoms with Crippen LogP contribution in [0.2, 0.25) is 5.02 Å². The van der Waals surface area contributed by atoms with Gasteiger partial charge in [0.15, 0.2) is 0 Å². The molecule has 0 saturated heterocycles. The number of halogens is 1. The molecule has 2 aromatic rings. The van der Waals surface area contributed by atoms with E-state index >= 15 is 0 Å². The summed E-state index contributed by atoms with van der Waals surface area (Å²) < 4.78 is 0. The van der Waals surface area contributed by atoms with E-state index in [0.29, 0.717) is 5.03 Å². The number of terminal acetylenes is 1. The van der Waals surface area contributed by atoms with E-state index in [1.54, 1.807) is 17.8 Å². The molecule has 0 bridgehead atoms. The number of benzene rings is 2. The predicted octanol–water partition coefficient (Wildman–Crippen LogP) is 8.06. The number of allylic oxidation sites excluding steroid dienone is 3. The second-order valence-electron chi connectivity index (χ2n) is 7.62. The van der Waals surface area contributed by atoms with E-state index in [4.69, 9.17) is 22.7 Å². The predicted molar refractivity (Wildman–Crippen MR) is 152 cm³/mol. The largest absolute Gasteiger partial charge is 0.394 e. The van der Waals surface area contributed by atoms with Crippen molar-refractivity contribution < 1.29 is 0 Å². The lowest BCUT2D eigenvalue weighted by Crippen LogP contribution is -2.10. The van der Waals surface area contributed by atoms with E-state index < -0.39 is 0 Å². The molecule has 5 heteroatoms. The molecule has 0 aromatic heterocycles. The lowest BCUT2D eigenvalue weighted by atomic mass is 9.86. The van der Waals surface area contributed by atoms with Gasteiger partial charge in [-0.2, -0.15) is 0 Å². The van der Waals surface area contributed by atoms with Crippen molar-refractivity contribution in [2.45, 2.75) is 33.1 Å². The molecule has 0 amide bonds. The van der Waals surface area contributed by atoms with Crippen LogP contribution in [0.15, 0.2) is 71.8 Å². The molecule has 32 heavy (non-hydrogen) atoms. The van der Waals surface area contributed by atoms with Crippen LogP contribution in [0, 0.1) is 18.3 Å². The number of thiol groups is 1.